The minimum Gasteiger partial charge on any atom is -0.479 e. The van der Waals surface area contributed by atoms with E-state index in [-0.39, 0.29) is 0 Å². The van der Waals surface area contributed by atoms with E-state index in [0.717, 1.165) is 21.2 Å². The van der Waals surface area contributed by atoms with E-state index in [1.807, 2.05) is 10.5 Å². The fourth-order valence-electron chi connectivity index (χ4n) is 1.45. The van der Waals surface area contributed by atoms with Crippen LogP contribution < -0.4 is 4.74 Å². The van der Waals surface area contributed by atoms with Crippen molar-refractivity contribution in [3.63, 3.8) is 0 Å². The number of fused-ring (bicyclic) bond motifs is 1. The molecule has 0 bridgehead atoms. The Labute approximate surface area is 116 Å². The molecule has 0 aliphatic carbocycles. The van der Waals surface area contributed by atoms with Crippen LogP contribution in [0.15, 0.2) is 17.2 Å². The molecule has 0 saturated carbocycles. The van der Waals surface area contributed by atoms with Crippen molar-refractivity contribution in [2.24, 2.45) is 0 Å². The van der Waals surface area contributed by atoms with Gasteiger partial charge in [0.05, 0.1) is 19.2 Å². The molecule has 0 amide bonds. The molecule has 4 nitrogen and oxygen atoms in total. The van der Waals surface area contributed by atoms with Gasteiger partial charge in [-0.25, -0.2) is 9.44 Å². The summed E-state index contributed by atoms with van der Waals surface area (Å²) in [4.78, 5) is 4.28. The zero-order valence-electron chi connectivity index (χ0n) is 8.37. The topological polar surface area (TPSA) is 39.9 Å². The van der Waals surface area contributed by atoms with Gasteiger partial charge < -0.3 is 4.74 Å². The molecule has 0 fully saturated rings. The number of pyridine rings is 1. The van der Waals surface area contributed by atoms with Gasteiger partial charge in [0.25, 0.3) is 0 Å². The van der Waals surface area contributed by atoms with Crippen LogP contribution >= 0.6 is 44.3 Å². The molecule has 0 N–H and O–H groups in total. The van der Waals surface area contributed by atoms with Gasteiger partial charge in [-0.3, -0.25) is 0 Å². The molecule has 1 atom stereocenters. The summed E-state index contributed by atoms with van der Waals surface area (Å²) in [5.41, 5.74) is 1.76. The molecule has 2 aromatic rings. The number of hydrogen-bond acceptors (Lipinski definition) is 3. The first-order valence-corrected chi connectivity index (χ1v) is 9.19. The van der Waals surface area contributed by atoms with Crippen LogP contribution in [0, 0.1) is 0 Å². The zero-order chi connectivity index (χ0) is 11.7. The number of halogens is 2. The summed E-state index contributed by atoms with van der Waals surface area (Å²) in [6.45, 7) is 3.76. The second kappa shape index (κ2) is 4.98. The predicted molar refractivity (Wildman–Crippen MR) is 79.6 cm³/mol. The number of hydrogen-bond donors (Lipinski definition) is 0. The van der Waals surface area contributed by atoms with Gasteiger partial charge in [0.15, 0.2) is 0 Å². The average molecular weight is 412 g/mol. The van der Waals surface area contributed by atoms with Gasteiger partial charge in [0, 0.05) is 5.39 Å². The second-order valence-electron chi connectivity index (χ2n) is 2.94. The molecule has 0 aliphatic rings. The third-order valence-electron chi connectivity index (χ3n) is 2.09. The first-order chi connectivity index (χ1) is 7.71. The Kier molecular flexibility index (Phi) is 3.81. The Morgan fingerprint density at radius 1 is 1.69 bits per heavy atom. The molecule has 0 saturated heterocycles. The minimum atomic E-state index is 0.496. The molecule has 2 rings (SSSR count). The Hall–Kier alpha value is -0.200. The molecule has 1 unspecified atom stereocenters. The summed E-state index contributed by atoms with van der Waals surface area (Å²) in [5.74, 6) is 0.578. The van der Waals surface area contributed by atoms with Gasteiger partial charge in [-0.15, -0.1) is 0 Å². The third-order valence-corrected chi connectivity index (χ3v) is 4.35. The average Bonchev–Trinajstić information content (AvgIpc) is 2.65. The minimum absolute atomic E-state index is 0.496. The highest BCUT2D eigenvalue weighted by Crippen LogP contribution is 2.36. The van der Waals surface area contributed by atoms with Gasteiger partial charge >= 0.3 is 0 Å². The molecule has 84 valence electrons. The Morgan fingerprint density at radius 3 is 3.00 bits per heavy atom. The van der Waals surface area contributed by atoms with Crippen LogP contribution in [0.3, 0.4) is 0 Å². The maximum Gasteiger partial charge on any atom is 0.241 e. The first kappa shape index (κ1) is 12.3. The number of methoxy groups -OCH3 is 1. The molecule has 0 aliphatic heterocycles. The Bertz CT molecular complexity index is 557. The molecule has 7 heteroatoms. The van der Waals surface area contributed by atoms with Crippen LogP contribution in [0.2, 0.25) is 0 Å². The maximum atomic E-state index is 5.27. The van der Waals surface area contributed by atoms with Gasteiger partial charge in [0.1, 0.15) is 10.1 Å². The number of ether oxygens (including phenoxy) is 1. The molecular weight excluding hydrogens is 404 g/mol. The van der Waals surface area contributed by atoms with Crippen LogP contribution in [0.4, 0.5) is 0 Å². The number of aromatic nitrogens is 3. The molecule has 0 radical (unpaired) electrons. The smallest absolute Gasteiger partial charge is 0.241 e. The molecule has 0 spiro atoms. The van der Waals surface area contributed by atoms with Crippen molar-refractivity contribution in [2.45, 2.75) is 0 Å². The lowest BCUT2D eigenvalue weighted by atomic mass is 10.2. The maximum absolute atomic E-state index is 5.27. The van der Waals surface area contributed by atoms with E-state index >= 15 is 0 Å². The van der Waals surface area contributed by atoms with Crippen molar-refractivity contribution in [3.05, 3.63) is 22.9 Å². The normalized spacial score (nSPS) is 11.4. The van der Waals surface area contributed by atoms with E-state index in [1.165, 1.54) is 0 Å². The third kappa shape index (κ3) is 1.98. The molecular formula is C9H8BrIN3OP. The van der Waals surface area contributed by atoms with Crippen molar-refractivity contribution in [1.82, 2.24) is 14.5 Å². The van der Waals surface area contributed by atoms with Crippen molar-refractivity contribution in [3.8, 4) is 5.88 Å². The lowest BCUT2D eigenvalue weighted by Gasteiger charge is -2.03. The highest BCUT2D eigenvalue weighted by molar-refractivity contribution is 14.2. The van der Waals surface area contributed by atoms with E-state index in [0.29, 0.717) is 12.3 Å². The summed E-state index contributed by atoms with van der Waals surface area (Å²) < 4.78 is 7.89. The van der Waals surface area contributed by atoms with E-state index in [2.05, 4.69) is 54.6 Å². The standard InChI is InChI=1S/C9H8BrIN3OP/c1-3-6-5-4-7(10)12-9(15-2)8(5)14(13-6)16-11/h3-4,16H,1H2,2H3. The Morgan fingerprint density at radius 2 is 2.44 bits per heavy atom. The zero-order valence-corrected chi connectivity index (χ0v) is 13.1. The summed E-state index contributed by atoms with van der Waals surface area (Å²) >= 11 is 5.63. The SMILES string of the molecule is C=Cc1nn(PI)c2c(OC)nc(Br)cc12. The van der Waals surface area contributed by atoms with Crippen LogP contribution in [0.5, 0.6) is 5.88 Å². The van der Waals surface area contributed by atoms with Gasteiger partial charge in [0.2, 0.25) is 5.88 Å². The lowest BCUT2D eigenvalue weighted by molar-refractivity contribution is 0.401. The van der Waals surface area contributed by atoms with Gasteiger partial charge in [-0.1, -0.05) is 6.58 Å². The summed E-state index contributed by atoms with van der Waals surface area (Å²) in [5, 5.41) is 5.44. The molecule has 2 heterocycles. The van der Waals surface area contributed by atoms with Crippen molar-refractivity contribution < 1.29 is 4.74 Å². The highest BCUT2D eigenvalue weighted by atomic mass is 127. The van der Waals surface area contributed by atoms with E-state index < -0.39 is 0 Å². The highest BCUT2D eigenvalue weighted by Gasteiger charge is 2.15. The largest absolute Gasteiger partial charge is 0.479 e. The van der Waals surface area contributed by atoms with Crippen LogP contribution in [-0.4, -0.2) is 21.6 Å². The summed E-state index contributed by atoms with van der Waals surface area (Å²) in [6, 6.07) is 1.93. The quantitative estimate of drug-likeness (QED) is 0.440. The van der Waals surface area contributed by atoms with E-state index in [4.69, 9.17) is 4.74 Å². The van der Waals surface area contributed by atoms with Crippen LogP contribution in [0.1, 0.15) is 5.69 Å². The number of rotatable bonds is 3. The Balaban J connectivity index is 2.88. The lowest BCUT2D eigenvalue weighted by Crippen LogP contribution is -1.92. The second-order valence-corrected chi connectivity index (χ2v) is 5.79. The predicted octanol–water partition coefficient (Wildman–Crippen LogP) is 3.64. The van der Waals surface area contributed by atoms with Crippen molar-refractivity contribution in [1.29, 1.82) is 0 Å². The molecule has 16 heavy (non-hydrogen) atoms. The van der Waals surface area contributed by atoms with Crippen molar-refractivity contribution in [2.75, 3.05) is 7.11 Å². The fourth-order valence-corrected chi connectivity index (χ4v) is 3.33. The van der Waals surface area contributed by atoms with Crippen molar-refractivity contribution >= 4 is 61.3 Å². The van der Waals surface area contributed by atoms with E-state index in [1.54, 1.807) is 13.2 Å². The fraction of sp³-hybridized carbons (Fsp3) is 0.111. The first-order valence-electron chi connectivity index (χ1n) is 4.33. The number of nitrogens with zero attached hydrogens (tertiary/aromatic N) is 3. The van der Waals surface area contributed by atoms with Crippen LogP contribution in [-0.2, 0) is 0 Å². The summed E-state index contributed by atoms with van der Waals surface area (Å²) in [7, 11) is 1.61. The monoisotopic (exact) mass is 411 g/mol. The summed E-state index contributed by atoms with van der Waals surface area (Å²) in [6.07, 6.45) is 2.23. The van der Waals surface area contributed by atoms with Crippen LogP contribution in [0.25, 0.3) is 17.0 Å². The molecule has 0 aromatic carbocycles. The van der Waals surface area contributed by atoms with Gasteiger partial charge in [-0.05, 0) is 50.1 Å². The van der Waals surface area contributed by atoms with Gasteiger partial charge in [-0.2, -0.15) is 5.10 Å². The van der Waals surface area contributed by atoms with E-state index in [9.17, 15) is 0 Å². The molecule has 2 aromatic heterocycles.